The molecule has 1 aromatic rings. The second-order valence-corrected chi connectivity index (χ2v) is 3.85. The van der Waals surface area contributed by atoms with Gasteiger partial charge in [-0.3, -0.25) is 0 Å². The van der Waals surface area contributed by atoms with Crippen molar-refractivity contribution in [3.8, 4) is 0 Å². The Morgan fingerprint density at radius 2 is 1.80 bits per heavy atom. The topological polar surface area (TPSA) is 26.0 Å². The Labute approximate surface area is 63.8 Å². The van der Waals surface area contributed by atoms with Gasteiger partial charge in [-0.05, 0) is 12.5 Å². The molecule has 0 saturated heterocycles. The van der Waals surface area contributed by atoms with Crippen molar-refractivity contribution in [3.05, 3.63) is 35.9 Å². The summed E-state index contributed by atoms with van der Waals surface area (Å²) in [5, 5.41) is -0.290. The fraction of sp³-hybridized carbons (Fsp3) is 0.250. The van der Waals surface area contributed by atoms with Gasteiger partial charge in [0.15, 0.2) is 0 Å². The van der Waals surface area contributed by atoms with Crippen molar-refractivity contribution in [2.24, 2.45) is 5.73 Å². The minimum atomic E-state index is -0.290. The third-order valence-corrected chi connectivity index (χ3v) is 1.73. The minimum Gasteiger partial charge on any atom is -0.319 e. The van der Waals surface area contributed by atoms with Crippen LogP contribution in [0.4, 0.5) is 0 Å². The van der Waals surface area contributed by atoms with E-state index in [0.717, 1.165) is 5.56 Å². The van der Waals surface area contributed by atoms with Crippen LogP contribution < -0.4 is 5.73 Å². The Kier molecular flexibility index (Phi) is 2.08. The largest absolute Gasteiger partial charge is 0.319 e. The minimum absolute atomic E-state index is 0.290. The third-order valence-electron chi connectivity index (χ3n) is 1.40. The van der Waals surface area contributed by atoms with Crippen LogP contribution in [0.15, 0.2) is 30.3 Å². The predicted octanol–water partition coefficient (Wildman–Crippen LogP) is 1.69. The summed E-state index contributed by atoms with van der Waals surface area (Å²) in [6.45, 7) is 1.97. The van der Waals surface area contributed by atoms with Gasteiger partial charge in [0, 0.05) is 0 Å². The van der Waals surface area contributed by atoms with Crippen LogP contribution in [0.3, 0.4) is 0 Å². The second-order valence-electron chi connectivity index (χ2n) is 2.65. The molecule has 0 radical (unpaired) electrons. The molecule has 0 heterocycles. The zero-order valence-corrected chi connectivity index (χ0v) is 7.20. The monoisotopic (exact) mass is 153 g/mol. The molecule has 0 fully saturated rings. The summed E-state index contributed by atoms with van der Waals surface area (Å²) in [7, 11) is 2.61. The number of rotatable bonds is 1. The van der Waals surface area contributed by atoms with Crippen molar-refractivity contribution < 1.29 is 0 Å². The van der Waals surface area contributed by atoms with Crippen molar-refractivity contribution >= 4 is 9.24 Å². The SMILES string of the molecule is C[C@](N)(P)c1ccccc1. The number of hydrogen-bond acceptors (Lipinski definition) is 1. The first-order valence-electron chi connectivity index (χ1n) is 3.24. The highest BCUT2D eigenvalue weighted by molar-refractivity contribution is 7.18. The lowest BCUT2D eigenvalue weighted by Crippen LogP contribution is -2.24. The van der Waals surface area contributed by atoms with Gasteiger partial charge in [0.2, 0.25) is 0 Å². The standard InChI is InChI=1S/C8H12NP/c1-8(9,10)7-5-3-2-4-6-7/h2-6H,9-10H2,1H3/t8-/m0/s1. The van der Waals surface area contributed by atoms with Gasteiger partial charge in [0.25, 0.3) is 0 Å². The molecule has 54 valence electrons. The molecule has 0 aromatic heterocycles. The summed E-state index contributed by atoms with van der Waals surface area (Å²) in [4.78, 5) is 0. The van der Waals surface area contributed by atoms with Crippen molar-refractivity contribution in [1.82, 2.24) is 0 Å². The molecule has 0 amide bonds. The first kappa shape index (κ1) is 7.71. The summed E-state index contributed by atoms with van der Waals surface area (Å²) < 4.78 is 0. The van der Waals surface area contributed by atoms with Crippen molar-refractivity contribution in [2.45, 2.75) is 12.2 Å². The van der Waals surface area contributed by atoms with Gasteiger partial charge in [-0.25, -0.2) is 0 Å². The third kappa shape index (κ3) is 1.80. The van der Waals surface area contributed by atoms with E-state index in [4.69, 9.17) is 5.73 Å². The molecule has 10 heavy (non-hydrogen) atoms. The summed E-state index contributed by atoms with van der Waals surface area (Å²) in [6, 6.07) is 10.0. The van der Waals surface area contributed by atoms with Gasteiger partial charge in [0.1, 0.15) is 0 Å². The van der Waals surface area contributed by atoms with Crippen molar-refractivity contribution in [1.29, 1.82) is 0 Å². The molecule has 0 spiro atoms. The molecule has 1 rings (SSSR count). The van der Waals surface area contributed by atoms with Gasteiger partial charge in [0.05, 0.1) is 5.28 Å². The van der Waals surface area contributed by atoms with Gasteiger partial charge < -0.3 is 5.73 Å². The fourth-order valence-corrected chi connectivity index (χ4v) is 0.990. The Hall–Kier alpha value is -0.390. The molecule has 1 unspecified atom stereocenters. The smallest absolute Gasteiger partial charge is 0.0522 e. The Bertz CT molecular complexity index is 200. The molecule has 0 aliphatic carbocycles. The van der Waals surface area contributed by atoms with Crippen LogP contribution in [0.2, 0.25) is 0 Å². The van der Waals surface area contributed by atoms with Crippen LogP contribution in [0.1, 0.15) is 12.5 Å². The van der Waals surface area contributed by atoms with E-state index >= 15 is 0 Å². The van der Waals surface area contributed by atoms with E-state index in [1.54, 1.807) is 0 Å². The van der Waals surface area contributed by atoms with Gasteiger partial charge in [-0.2, -0.15) is 0 Å². The lowest BCUT2D eigenvalue weighted by molar-refractivity contribution is 0.738. The zero-order valence-electron chi connectivity index (χ0n) is 6.04. The Morgan fingerprint density at radius 3 is 2.10 bits per heavy atom. The highest BCUT2D eigenvalue weighted by Gasteiger charge is 2.11. The van der Waals surface area contributed by atoms with E-state index in [9.17, 15) is 0 Å². The van der Waals surface area contributed by atoms with Crippen LogP contribution >= 0.6 is 9.24 Å². The summed E-state index contributed by atoms with van der Waals surface area (Å²) >= 11 is 0. The molecule has 2 atom stereocenters. The van der Waals surface area contributed by atoms with E-state index in [1.165, 1.54) is 0 Å². The van der Waals surface area contributed by atoms with Crippen LogP contribution in [0.5, 0.6) is 0 Å². The van der Waals surface area contributed by atoms with Gasteiger partial charge >= 0.3 is 0 Å². The predicted molar refractivity (Wildman–Crippen MR) is 47.7 cm³/mol. The van der Waals surface area contributed by atoms with E-state index in [-0.39, 0.29) is 5.28 Å². The van der Waals surface area contributed by atoms with E-state index in [2.05, 4.69) is 9.24 Å². The first-order chi connectivity index (χ1) is 4.61. The normalized spacial score (nSPS) is 16.3. The molecule has 0 aliphatic rings. The maximum atomic E-state index is 5.82. The number of nitrogens with two attached hydrogens (primary N) is 1. The van der Waals surface area contributed by atoms with Crippen molar-refractivity contribution in [2.75, 3.05) is 0 Å². The van der Waals surface area contributed by atoms with Crippen LogP contribution in [0, 0.1) is 0 Å². The van der Waals surface area contributed by atoms with Crippen LogP contribution in [0.25, 0.3) is 0 Å². The summed E-state index contributed by atoms with van der Waals surface area (Å²) in [5.74, 6) is 0. The fourth-order valence-electron chi connectivity index (χ4n) is 0.797. The average Bonchev–Trinajstić information content (AvgIpc) is 1.88. The molecular weight excluding hydrogens is 141 g/mol. The summed E-state index contributed by atoms with van der Waals surface area (Å²) in [6.07, 6.45) is 0. The summed E-state index contributed by atoms with van der Waals surface area (Å²) in [5.41, 5.74) is 6.96. The molecule has 1 nitrogen and oxygen atoms in total. The molecule has 0 saturated carbocycles. The highest BCUT2D eigenvalue weighted by Crippen LogP contribution is 2.23. The van der Waals surface area contributed by atoms with Crippen LogP contribution in [-0.4, -0.2) is 0 Å². The zero-order chi connectivity index (χ0) is 7.61. The number of hydrogen-bond donors (Lipinski definition) is 1. The maximum Gasteiger partial charge on any atom is 0.0522 e. The van der Waals surface area contributed by atoms with Crippen LogP contribution in [-0.2, 0) is 5.28 Å². The lowest BCUT2D eigenvalue weighted by atomic mass is 10.1. The molecule has 1 aromatic carbocycles. The van der Waals surface area contributed by atoms with Gasteiger partial charge in [-0.1, -0.05) is 30.3 Å². The molecular formula is C8H12NP. The van der Waals surface area contributed by atoms with E-state index < -0.39 is 0 Å². The maximum absolute atomic E-state index is 5.82. The van der Waals surface area contributed by atoms with Gasteiger partial charge in [-0.15, -0.1) is 9.24 Å². The second kappa shape index (κ2) is 2.69. The first-order valence-corrected chi connectivity index (χ1v) is 3.82. The quantitative estimate of drug-likeness (QED) is 0.610. The average molecular weight is 153 g/mol. The van der Waals surface area contributed by atoms with Crippen molar-refractivity contribution in [3.63, 3.8) is 0 Å². The highest BCUT2D eigenvalue weighted by atomic mass is 31.0. The van der Waals surface area contributed by atoms with E-state index in [0.29, 0.717) is 0 Å². The molecule has 0 aliphatic heterocycles. The lowest BCUT2D eigenvalue weighted by Gasteiger charge is -2.18. The number of benzene rings is 1. The van der Waals surface area contributed by atoms with E-state index in [1.807, 2.05) is 37.3 Å². The Morgan fingerprint density at radius 1 is 1.30 bits per heavy atom. The Balaban J connectivity index is 2.97. The molecule has 2 N–H and O–H groups in total. The molecule has 0 bridgehead atoms. The molecule has 2 heteroatoms.